The number of carbonyl (C=O) groups excluding carboxylic acids is 3. The van der Waals surface area contributed by atoms with E-state index in [1.165, 1.54) is 23.2 Å². The standard InChI is InChI=1S/C26H30FN5O3/c1-15-13-32(24(34)23(33)30-19-11-20(16-3-4-16)22(28)29-12-19)21(17-5-7-18(27)8-6-17)14-31(15)25(35)26(2)9-10-26/h5-8,11-12,15-16,21H,3-4,9-10,13-14H2,1-2H3,(H2,28,29)(H,30,33)/t15-,21-/m1/s1. The highest BCUT2D eigenvalue weighted by Gasteiger charge is 2.50. The first kappa shape index (κ1) is 23.3. The second-order valence-corrected chi connectivity index (χ2v) is 10.3. The Labute approximate surface area is 203 Å². The first-order valence-corrected chi connectivity index (χ1v) is 12.1. The Morgan fingerprint density at radius 1 is 1.11 bits per heavy atom. The molecule has 0 radical (unpaired) electrons. The number of carbonyl (C=O) groups is 3. The van der Waals surface area contributed by atoms with Gasteiger partial charge in [0.15, 0.2) is 0 Å². The van der Waals surface area contributed by atoms with E-state index in [1.54, 1.807) is 23.1 Å². The summed E-state index contributed by atoms with van der Waals surface area (Å²) < 4.78 is 13.6. The van der Waals surface area contributed by atoms with Crippen molar-refractivity contribution in [3.63, 3.8) is 0 Å². The molecule has 184 valence electrons. The fraction of sp³-hybridized carbons (Fsp3) is 0.462. The lowest BCUT2D eigenvalue weighted by Gasteiger charge is -2.46. The Morgan fingerprint density at radius 2 is 1.80 bits per heavy atom. The topological polar surface area (TPSA) is 109 Å². The third kappa shape index (κ3) is 4.59. The van der Waals surface area contributed by atoms with Gasteiger partial charge in [0.2, 0.25) is 5.91 Å². The van der Waals surface area contributed by atoms with E-state index in [0.717, 1.165) is 31.2 Å². The molecule has 0 spiro atoms. The van der Waals surface area contributed by atoms with Crippen LogP contribution in [-0.4, -0.2) is 51.6 Å². The number of benzene rings is 1. The fourth-order valence-electron chi connectivity index (χ4n) is 4.80. The van der Waals surface area contributed by atoms with Gasteiger partial charge in [-0.1, -0.05) is 19.1 Å². The van der Waals surface area contributed by atoms with Gasteiger partial charge in [-0.25, -0.2) is 9.37 Å². The van der Waals surface area contributed by atoms with Gasteiger partial charge in [0, 0.05) is 24.5 Å². The van der Waals surface area contributed by atoms with Crippen LogP contribution in [0.1, 0.15) is 62.6 Å². The van der Waals surface area contributed by atoms with E-state index < -0.39 is 23.7 Å². The van der Waals surface area contributed by atoms with Crippen LogP contribution in [0.15, 0.2) is 36.5 Å². The molecule has 3 fully saturated rings. The van der Waals surface area contributed by atoms with Gasteiger partial charge in [0.05, 0.1) is 17.9 Å². The zero-order chi connectivity index (χ0) is 24.9. The number of nitrogens with two attached hydrogens (primary N) is 1. The number of nitrogen functional groups attached to an aromatic ring is 1. The molecule has 1 saturated heterocycles. The Kier molecular flexibility index (Phi) is 5.73. The third-order valence-corrected chi connectivity index (χ3v) is 7.45. The average Bonchev–Trinajstić information content (AvgIpc) is 3.77. The summed E-state index contributed by atoms with van der Waals surface area (Å²) in [6.45, 7) is 4.28. The number of aromatic nitrogens is 1. The quantitative estimate of drug-likeness (QED) is 0.655. The van der Waals surface area contributed by atoms with Crippen molar-refractivity contribution in [2.24, 2.45) is 5.41 Å². The van der Waals surface area contributed by atoms with Gasteiger partial charge in [0.1, 0.15) is 11.6 Å². The maximum absolute atomic E-state index is 13.6. The number of hydrogen-bond donors (Lipinski definition) is 2. The van der Waals surface area contributed by atoms with Crippen LogP contribution in [0.25, 0.3) is 0 Å². The molecule has 0 unspecified atom stereocenters. The van der Waals surface area contributed by atoms with Gasteiger partial charge in [-0.05, 0) is 67.9 Å². The Balaban J connectivity index is 1.38. The van der Waals surface area contributed by atoms with Crippen molar-refractivity contribution in [1.82, 2.24) is 14.8 Å². The van der Waals surface area contributed by atoms with E-state index in [4.69, 9.17) is 5.73 Å². The Hall–Kier alpha value is -3.49. The van der Waals surface area contributed by atoms with Gasteiger partial charge < -0.3 is 20.9 Å². The largest absolute Gasteiger partial charge is 0.383 e. The number of amides is 3. The van der Waals surface area contributed by atoms with E-state index in [0.29, 0.717) is 23.0 Å². The van der Waals surface area contributed by atoms with E-state index in [2.05, 4.69) is 10.3 Å². The molecule has 2 heterocycles. The molecular formula is C26H30FN5O3. The van der Waals surface area contributed by atoms with Gasteiger partial charge in [-0.15, -0.1) is 0 Å². The lowest BCUT2D eigenvalue weighted by atomic mass is 9.97. The highest BCUT2D eigenvalue weighted by Crippen LogP contribution is 2.47. The molecular weight excluding hydrogens is 449 g/mol. The average molecular weight is 480 g/mol. The van der Waals surface area contributed by atoms with Crippen LogP contribution in [-0.2, 0) is 14.4 Å². The second-order valence-electron chi connectivity index (χ2n) is 10.3. The van der Waals surface area contributed by atoms with Crippen LogP contribution in [0.2, 0.25) is 0 Å². The van der Waals surface area contributed by atoms with Crippen molar-refractivity contribution in [2.75, 3.05) is 24.1 Å². The third-order valence-electron chi connectivity index (χ3n) is 7.45. The van der Waals surface area contributed by atoms with E-state index in [9.17, 15) is 18.8 Å². The van der Waals surface area contributed by atoms with Crippen LogP contribution >= 0.6 is 0 Å². The summed E-state index contributed by atoms with van der Waals surface area (Å²) in [6.07, 6.45) is 5.20. The molecule has 2 aliphatic carbocycles. The van der Waals surface area contributed by atoms with E-state index >= 15 is 0 Å². The summed E-state index contributed by atoms with van der Waals surface area (Å²) in [5, 5.41) is 2.66. The van der Waals surface area contributed by atoms with Gasteiger partial charge in [-0.3, -0.25) is 14.4 Å². The summed E-state index contributed by atoms with van der Waals surface area (Å²) in [5.41, 5.74) is 7.58. The first-order chi connectivity index (χ1) is 16.7. The first-order valence-electron chi connectivity index (χ1n) is 12.1. The zero-order valence-corrected chi connectivity index (χ0v) is 20.0. The highest BCUT2D eigenvalue weighted by atomic mass is 19.1. The van der Waals surface area contributed by atoms with Crippen LogP contribution in [0, 0.1) is 11.2 Å². The summed E-state index contributed by atoms with van der Waals surface area (Å²) in [4.78, 5) is 47.0. The molecule has 1 aliphatic heterocycles. The number of pyridine rings is 1. The van der Waals surface area contributed by atoms with Gasteiger partial charge in [-0.2, -0.15) is 0 Å². The number of anilines is 2. The number of nitrogens with one attached hydrogen (secondary N) is 1. The maximum atomic E-state index is 13.6. The molecule has 0 bridgehead atoms. The Bertz CT molecular complexity index is 1180. The lowest BCUT2D eigenvalue weighted by Crippen LogP contribution is -2.59. The zero-order valence-electron chi connectivity index (χ0n) is 20.0. The van der Waals surface area contributed by atoms with Crippen molar-refractivity contribution in [2.45, 2.75) is 57.5 Å². The van der Waals surface area contributed by atoms with Gasteiger partial charge >= 0.3 is 11.8 Å². The number of nitrogens with zero attached hydrogens (tertiary/aromatic N) is 3. The molecule has 8 nitrogen and oxygen atoms in total. The van der Waals surface area contributed by atoms with Crippen molar-refractivity contribution < 1.29 is 18.8 Å². The molecule has 5 rings (SSSR count). The van der Waals surface area contributed by atoms with Crippen molar-refractivity contribution in [1.29, 1.82) is 0 Å². The molecule has 9 heteroatoms. The summed E-state index contributed by atoms with van der Waals surface area (Å²) >= 11 is 0. The molecule has 3 aliphatic rings. The van der Waals surface area contributed by atoms with Crippen LogP contribution < -0.4 is 11.1 Å². The predicted octanol–water partition coefficient (Wildman–Crippen LogP) is 3.22. The van der Waals surface area contributed by atoms with Crippen LogP contribution in [0.4, 0.5) is 15.9 Å². The molecule has 1 aromatic heterocycles. The summed E-state index contributed by atoms with van der Waals surface area (Å²) in [5.74, 6) is -1.04. The fourth-order valence-corrected chi connectivity index (χ4v) is 4.80. The van der Waals surface area contributed by atoms with Crippen molar-refractivity contribution >= 4 is 29.2 Å². The highest BCUT2D eigenvalue weighted by molar-refractivity contribution is 6.39. The van der Waals surface area contributed by atoms with Crippen LogP contribution in [0.3, 0.4) is 0 Å². The number of halogens is 1. The van der Waals surface area contributed by atoms with Crippen molar-refractivity contribution in [3.8, 4) is 0 Å². The van der Waals surface area contributed by atoms with E-state index in [1.807, 2.05) is 13.8 Å². The molecule has 2 saturated carbocycles. The monoisotopic (exact) mass is 479 g/mol. The Morgan fingerprint density at radius 3 is 2.43 bits per heavy atom. The second kappa shape index (κ2) is 8.62. The number of piperazine rings is 1. The minimum atomic E-state index is -0.786. The van der Waals surface area contributed by atoms with E-state index in [-0.39, 0.29) is 30.5 Å². The van der Waals surface area contributed by atoms with Gasteiger partial charge in [0.25, 0.3) is 0 Å². The maximum Gasteiger partial charge on any atom is 0.313 e. The summed E-state index contributed by atoms with van der Waals surface area (Å²) in [6, 6.07) is 6.80. The normalized spacial score (nSPS) is 23.1. The minimum Gasteiger partial charge on any atom is -0.383 e. The predicted molar refractivity (Wildman–Crippen MR) is 129 cm³/mol. The molecule has 1 aromatic carbocycles. The SMILES string of the molecule is C[C@@H]1CN(C(=O)C(=O)Nc2cnc(N)c(C3CC3)c2)[C@@H](c2ccc(F)cc2)CN1C(=O)C1(C)CC1. The number of rotatable bonds is 4. The van der Waals surface area contributed by atoms with Crippen molar-refractivity contribution in [3.05, 3.63) is 53.5 Å². The molecule has 2 aromatic rings. The lowest BCUT2D eigenvalue weighted by molar-refractivity contribution is -0.153. The smallest absolute Gasteiger partial charge is 0.313 e. The minimum absolute atomic E-state index is 0.0641. The molecule has 3 amide bonds. The van der Waals surface area contributed by atoms with Crippen LogP contribution in [0.5, 0.6) is 0 Å². The number of hydrogen-bond acceptors (Lipinski definition) is 5. The molecule has 35 heavy (non-hydrogen) atoms. The molecule has 3 N–H and O–H groups in total. The summed E-state index contributed by atoms with van der Waals surface area (Å²) in [7, 11) is 0. The molecule has 2 atom stereocenters.